The average molecular weight is 401 g/mol. The molecule has 0 radical (unpaired) electrons. The van der Waals surface area contributed by atoms with Crippen molar-refractivity contribution in [1.29, 1.82) is 0 Å². The van der Waals surface area contributed by atoms with Crippen molar-refractivity contribution < 1.29 is 4.79 Å². The van der Waals surface area contributed by atoms with E-state index in [0.717, 1.165) is 39.8 Å². The minimum absolute atomic E-state index is 0.135. The number of halogens is 1. The van der Waals surface area contributed by atoms with Gasteiger partial charge in [-0.25, -0.2) is 4.98 Å². The van der Waals surface area contributed by atoms with Gasteiger partial charge in [0.15, 0.2) is 0 Å². The van der Waals surface area contributed by atoms with E-state index in [0.29, 0.717) is 10.6 Å². The number of amides is 1. The highest BCUT2D eigenvalue weighted by Gasteiger charge is 2.19. The molecule has 4 heteroatoms. The Balaban J connectivity index is 1.84. The van der Waals surface area contributed by atoms with Gasteiger partial charge >= 0.3 is 0 Å². The molecule has 144 valence electrons. The van der Waals surface area contributed by atoms with Crippen molar-refractivity contribution >= 4 is 34.1 Å². The van der Waals surface area contributed by atoms with Crippen molar-refractivity contribution in [2.24, 2.45) is 0 Å². The molecular weight excluding hydrogens is 380 g/mol. The maximum absolute atomic E-state index is 13.3. The summed E-state index contributed by atoms with van der Waals surface area (Å²) in [6, 6.07) is 23.2. The van der Waals surface area contributed by atoms with Crippen LogP contribution in [0.1, 0.15) is 28.4 Å². The first-order chi connectivity index (χ1) is 14.1. The Morgan fingerprint density at radius 1 is 1.00 bits per heavy atom. The van der Waals surface area contributed by atoms with E-state index in [-0.39, 0.29) is 5.91 Å². The Hall–Kier alpha value is -3.17. The SMILES string of the molecule is CCc1cccc(NC(=O)c2c(C)c(-c3ccc(Cl)cc3)nc3ccccc23)c1. The van der Waals surface area contributed by atoms with E-state index in [2.05, 4.69) is 18.3 Å². The molecular formula is C25H21ClN2O. The number of rotatable bonds is 4. The second-order valence-electron chi connectivity index (χ2n) is 6.99. The van der Waals surface area contributed by atoms with Gasteiger partial charge in [-0.3, -0.25) is 4.79 Å². The zero-order valence-corrected chi connectivity index (χ0v) is 17.1. The zero-order valence-electron chi connectivity index (χ0n) is 16.4. The lowest BCUT2D eigenvalue weighted by atomic mass is 9.97. The highest BCUT2D eigenvalue weighted by atomic mass is 35.5. The molecule has 29 heavy (non-hydrogen) atoms. The predicted molar refractivity (Wildman–Crippen MR) is 121 cm³/mol. The maximum Gasteiger partial charge on any atom is 0.256 e. The molecule has 0 unspecified atom stereocenters. The fourth-order valence-corrected chi connectivity index (χ4v) is 3.68. The fourth-order valence-electron chi connectivity index (χ4n) is 3.55. The van der Waals surface area contributed by atoms with E-state index in [1.54, 1.807) is 0 Å². The minimum atomic E-state index is -0.135. The second-order valence-corrected chi connectivity index (χ2v) is 7.43. The molecule has 0 aliphatic carbocycles. The first-order valence-electron chi connectivity index (χ1n) is 9.62. The van der Waals surface area contributed by atoms with Crippen LogP contribution < -0.4 is 5.32 Å². The number of aryl methyl sites for hydroxylation is 1. The Bertz CT molecular complexity index is 1200. The van der Waals surface area contributed by atoms with E-state index < -0.39 is 0 Å². The lowest BCUT2D eigenvalue weighted by Gasteiger charge is -2.15. The van der Waals surface area contributed by atoms with Crippen molar-refractivity contribution in [2.75, 3.05) is 5.32 Å². The predicted octanol–water partition coefficient (Wildman–Crippen LogP) is 6.68. The van der Waals surface area contributed by atoms with E-state index in [1.165, 1.54) is 5.56 Å². The van der Waals surface area contributed by atoms with Crippen molar-refractivity contribution in [1.82, 2.24) is 4.98 Å². The summed E-state index contributed by atoms with van der Waals surface area (Å²) < 4.78 is 0. The van der Waals surface area contributed by atoms with Gasteiger partial charge in [0.2, 0.25) is 0 Å². The summed E-state index contributed by atoms with van der Waals surface area (Å²) in [5, 5.41) is 4.57. The van der Waals surface area contributed by atoms with Crippen molar-refractivity contribution in [2.45, 2.75) is 20.3 Å². The molecule has 0 atom stereocenters. The van der Waals surface area contributed by atoms with Gasteiger partial charge in [0.25, 0.3) is 5.91 Å². The number of hydrogen-bond acceptors (Lipinski definition) is 2. The highest BCUT2D eigenvalue weighted by molar-refractivity contribution is 6.30. The molecule has 0 aliphatic rings. The fraction of sp³-hybridized carbons (Fsp3) is 0.120. The van der Waals surface area contributed by atoms with Gasteiger partial charge in [0, 0.05) is 21.7 Å². The molecule has 0 saturated carbocycles. The summed E-state index contributed by atoms with van der Waals surface area (Å²) in [5.41, 5.74) is 5.96. The van der Waals surface area contributed by atoms with Gasteiger partial charge < -0.3 is 5.32 Å². The first kappa shape index (κ1) is 19.2. The topological polar surface area (TPSA) is 42.0 Å². The summed E-state index contributed by atoms with van der Waals surface area (Å²) >= 11 is 6.05. The van der Waals surface area contributed by atoms with Gasteiger partial charge in [-0.05, 0) is 54.8 Å². The Labute approximate surface area is 175 Å². The number of anilines is 1. The number of para-hydroxylation sites is 1. The zero-order chi connectivity index (χ0) is 20.4. The highest BCUT2D eigenvalue weighted by Crippen LogP contribution is 2.31. The van der Waals surface area contributed by atoms with Gasteiger partial charge in [-0.2, -0.15) is 0 Å². The molecule has 0 fully saturated rings. The maximum atomic E-state index is 13.3. The van der Waals surface area contributed by atoms with Gasteiger partial charge in [-0.15, -0.1) is 0 Å². The summed E-state index contributed by atoms with van der Waals surface area (Å²) in [4.78, 5) is 18.2. The molecule has 0 saturated heterocycles. The Kier molecular flexibility index (Phi) is 5.32. The summed E-state index contributed by atoms with van der Waals surface area (Å²) in [5.74, 6) is -0.135. The van der Waals surface area contributed by atoms with Crippen LogP contribution in [0.25, 0.3) is 22.2 Å². The van der Waals surface area contributed by atoms with Crippen molar-refractivity contribution in [3.8, 4) is 11.3 Å². The quantitative estimate of drug-likeness (QED) is 0.415. The number of fused-ring (bicyclic) bond motifs is 1. The molecule has 0 aliphatic heterocycles. The van der Waals surface area contributed by atoms with Crippen LogP contribution in [0.2, 0.25) is 5.02 Å². The summed E-state index contributed by atoms with van der Waals surface area (Å²) in [7, 11) is 0. The number of carbonyl (C=O) groups is 1. The molecule has 4 aromatic rings. The van der Waals surface area contributed by atoms with E-state index >= 15 is 0 Å². The van der Waals surface area contributed by atoms with Crippen molar-refractivity contribution in [3.63, 3.8) is 0 Å². The van der Waals surface area contributed by atoms with E-state index in [1.807, 2.05) is 73.7 Å². The van der Waals surface area contributed by atoms with Crippen LogP contribution in [0.4, 0.5) is 5.69 Å². The number of nitrogens with one attached hydrogen (secondary N) is 1. The third-order valence-corrected chi connectivity index (χ3v) is 5.33. The number of hydrogen-bond donors (Lipinski definition) is 1. The van der Waals surface area contributed by atoms with Crippen LogP contribution in [-0.4, -0.2) is 10.9 Å². The standard InChI is InChI=1S/C25H21ClN2O/c1-3-17-7-6-8-20(15-17)27-25(29)23-16(2)24(18-11-13-19(26)14-12-18)28-22-10-5-4-9-21(22)23/h4-15H,3H2,1-2H3,(H,27,29). The number of carbonyl (C=O) groups excluding carboxylic acids is 1. The third kappa shape index (κ3) is 3.87. The molecule has 1 N–H and O–H groups in total. The molecule has 3 nitrogen and oxygen atoms in total. The van der Waals surface area contributed by atoms with Crippen LogP contribution in [0.5, 0.6) is 0 Å². The number of nitrogens with zero attached hydrogens (tertiary/aromatic N) is 1. The molecule has 1 amide bonds. The summed E-state index contributed by atoms with van der Waals surface area (Å²) in [6.45, 7) is 4.04. The lowest BCUT2D eigenvalue weighted by Crippen LogP contribution is -2.15. The van der Waals surface area contributed by atoms with Crippen LogP contribution in [0.3, 0.4) is 0 Å². The molecule has 4 rings (SSSR count). The van der Waals surface area contributed by atoms with Crippen LogP contribution in [0, 0.1) is 6.92 Å². The monoisotopic (exact) mass is 400 g/mol. The van der Waals surface area contributed by atoms with Crippen LogP contribution in [0.15, 0.2) is 72.8 Å². The lowest BCUT2D eigenvalue weighted by molar-refractivity contribution is 0.102. The smallest absolute Gasteiger partial charge is 0.256 e. The first-order valence-corrected chi connectivity index (χ1v) is 10.00. The van der Waals surface area contributed by atoms with Gasteiger partial charge in [-0.1, -0.05) is 61.0 Å². The number of aromatic nitrogens is 1. The normalized spacial score (nSPS) is 10.9. The Morgan fingerprint density at radius 2 is 1.76 bits per heavy atom. The molecule has 0 bridgehead atoms. The Morgan fingerprint density at radius 3 is 2.52 bits per heavy atom. The van der Waals surface area contributed by atoms with E-state index in [9.17, 15) is 4.79 Å². The molecule has 0 spiro atoms. The number of benzene rings is 3. The number of pyridine rings is 1. The molecule has 1 aromatic heterocycles. The van der Waals surface area contributed by atoms with Crippen molar-refractivity contribution in [3.05, 3.63) is 94.5 Å². The minimum Gasteiger partial charge on any atom is -0.322 e. The van der Waals surface area contributed by atoms with Gasteiger partial charge in [0.05, 0.1) is 16.8 Å². The van der Waals surface area contributed by atoms with Gasteiger partial charge in [0.1, 0.15) is 0 Å². The second kappa shape index (κ2) is 8.06. The molecule has 3 aromatic carbocycles. The van der Waals surface area contributed by atoms with Crippen LogP contribution in [-0.2, 0) is 6.42 Å². The van der Waals surface area contributed by atoms with Crippen LogP contribution >= 0.6 is 11.6 Å². The third-order valence-electron chi connectivity index (χ3n) is 5.07. The summed E-state index contributed by atoms with van der Waals surface area (Å²) in [6.07, 6.45) is 0.918. The van der Waals surface area contributed by atoms with E-state index in [4.69, 9.17) is 16.6 Å². The largest absolute Gasteiger partial charge is 0.322 e. The molecule has 1 heterocycles. The average Bonchev–Trinajstić information content (AvgIpc) is 2.74.